The fourth-order valence-electron chi connectivity index (χ4n) is 2.75. The Bertz CT molecular complexity index is 955. The Labute approximate surface area is 168 Å². The summed E-state index contributed by atoms with van der Waals surface area (Å²) in [5.41, 5.74) is 3.34. The second-order valence-electron chi connectivity index (χ2n) is 6.04. The van der Waals surface area contributed by atoms with Gasteiger partial charge in [-0.3, -0.25) is 4.79 Å². The number of thiazole rings is 1. The van der Waals surface area contributed by atoms with Gasteiger partial charge in [-0.15, -0.1) is 11.3 Å². The second kappa shape index (κ2) is 9.34. The third-order valence-corrected chi connectivity index (χ3v) is 5.01. The molecule has 0 fully saturated rings. The Hall–Kier alpha value is -2.90. The summed E-state index contributed by atoms with van der Waals surface area (Å²) in [4.78, 5) is 16.9. The van der Waals surface area contributed by atoms with E-state index in [0.29, 0.717) is 30.3 Å². The van der Waals surface area contributed by atoms with Crippen LogP contribution in [0, 0.1) is 0 Å². The van der Waals surface area contributed by atoms with Gasteiger partial charge in [-0.2, -0.15) is 0 Å². The van der Waals surface area contributed by atoms with Gasteiger partial charge in [-0.05, 0) is 29.3 Å². The number of amides is 1. The van der Waals surface area contributed by atoms with Crippen LogP contribution in [0.15, 0.2) is 47.8 Å². The molecular weight excluding hydrogens is 376 g/mol. The average Bonchev–Trinajstić information content (AvgIpc) is 3.22. The van der Waals surface area contributed by atoms with Crippen LogP contribution in [0.5, 0.6) is 11.5 Å². The van der Waals surface area contributed by atoms with Gasteiger partial charge < -0.3 is 19.5 Å². The van der Waals surface area contributed by atoms with E-state index in [1.54, 1.807) is 26.7 Å². The fraction of sp³-hybridized carbons (Fsp3) is 0.238. The fourth-order valence-corrected chi connectivity index (χ4v) is 3.55. The maximum absolute atomic E-state index is 12.5. The normalized spacial score (nSPS) is 10.5. The molecule has 0 aliphatic rings. The first-order valence-corrected chi connectivity index (χ1v) is 9.55. The van der Waals surface area contributed by atoms with Gasteiger partial charge in [0, 0.05) is 24.6 Å². The van der Waals surface area contributed by atoms with Crippen LogP contribution in [0.4, 0.5) is 0 Å². The van der Waals surface area contributed by atoms with Gasteiger partial charge in [-0.25, -0.2) is 4.98 Å². The van der Waals surface area contributed by atoms with Crippen molar-refractivity contribution in [1.82, 2.24) is 10.3 Å². The van der Waals surface area contributed by atoms with E-state index in [1.165, 1.54) is 11.3 Å². The average molecular weight is 398 g/mol. The molecule has 6 nitrogen and oxygen atoms in total. The van der Waals surface area contributed by atoms with Crippen LogP contribution in [0.1, 0.15) is 21.6 Å². The number of methoxy groups -OCH3 is 3. The summed E-state index contributed by atoms with van der Waals surface area (Å²) in [6.07, 6.45) is 0. The molecule has 1 N–H and O–H groups in total. The first kappa shape index (κ1) is 19.9. The minimum Gasteiger partial charge on any atom is -0.493 e. The molecule has 0 aliphatic carbocycles. The second-order valence-corrected chi connectivity index (χ2v) is 6.90. The summed E-state index contributed by atoms with van der Waals surface area (Å²) in [5.74, 6) is 1.06. The van der Waals surface area contributed by atoms with Gasteiger partial charge in [0.2, 0.25) is 0 Å². The Morgan fingerprint density at radius 2 is 1.82 bits per heavy atom. The maximum Gasteiger partial charge on any atom is 0.271 e. The molecule has 0 spiro atoms. The molecule has 28 heavy (non-hydrogen) atoms. The summed E-state index contributed by atoms with van der Waals surface area (Å²) in [6.45, 7) is 0.974. The standard InChI is InChI=1S/C21H22N2O4S/c1-25-12-15-6-4-5-14(9-15)11-22-20(24)17-13-28-21(23-17)16-7-8-18(26-2)19(10-16)27-3/h4-10,13H,11-12H2,1-3H3,(H,22,24). The summed E-state index contributed by atoms with van der Waals surface area (Å²) in [5, 5.41) is 5.41. The van der Waals surface area contributed by atoms with E-state index in [1.807, 2.05) is 42.5 Å². The molecule has 0 bridgehead atoms. The summed E-state index contributed by atoms with van der Waals surface area (Å²) in [7, 11) is 4.84. The predicted molar refractivity (Wildman–Crippen MR) is 109 cm³/mol. The maximum atomic E-state index is 12.5. The highest BCUT2D eigenvalue weighted by molar-refractivity contribution is 7.13. The molecule has 0 atom stereocenters. The number of benzene rings is 2. The van der Waals surface area contributed by atoms with Crippen LogP contribution in [0.25, 0.3) is 10.6 Å². The van der Waals surface area contributed by atoms with Crippen LogP contribution in [0.3, 0.4) is 0 Å². The number of nitrogens with one attached hydrogen (secondary N) is 1. The van der Waals surface area contributed by atoms with Crippen molar-refractivity contribution in [1.29, 1.82) is 0 Å². The zero-order valence-electron chi connectivity index (χ0n) is 16.0. The van der Waals surface area contributed by atoms with E-state index in [9.17, 15) is 4.79 Å². The largest absolute Gasteiger partial charge is 0.493 e. The number of carbonyl (C=O) groups is 1. The molecule has 3 rings (SSSR count). The van der Waals surface area contributed by atoms with Gasteiger partial charge in [0.25, 0.3) is 5.91 Å². The molecule has 1 aromatic heterocycles. The number of rotatable bonds is 8. The molecule has 0 aliphatic heterocycles. The van der Waals surface area contributed by atoms with Gasteiger partial charge in [0.15, 0.2) is 11.5 Å². The predicted octanol–water partition coefficient (Wildman–Crippen LogP) is 3.90. The number of hydrogen-bond donors (Lipinski definition) is 1. The van der Waals surface area contributed by atoms with Crippen LogP contribution >= 0.6 is 11.3 Å². The number of ether oxygens (including phenoxy) is 3. The van der Waals surface area contributed by atoms with Gasteiger partial charge in [-0.1, -0.05) is 24.3 Å². The summed E-state index contributed by atoms with van der Waals surface area (Å²) < 4.78 is 15.7. The Morgan fingerprint density at radius 3 is 2.57 bits per heavy atom. The molecule has 0 saturated carbocycles. The van der Waals surface area contributed by atoms with Crippen molar-refractivity contribution in [2.75, 3.05) is 21.3 Å². The zero-order chi connectivity index (χ0) is 19.9. The van der Waals surface area contributed by atoms with Crippen molar-refractivity contribution in [3.8, 4) is 22.1 Å². The minimum atomic E-state index is -0.208. The first-order chi connectivity index (χ1) is 13.6. The molecular formula is C21H22N2O4S. The van der Waals surface area contributed by atoms with E-state index in [-0.39, 0.29) is 5.91 Å². The molecule has 1 heterocycles. The van der Waals surface area contributed by atoms with Crippen molar-refractivity contribution < 1.29 is 19.0 Å². The molecule has 2 aromatic carbocycles. The Morgan fingerprint density at radius 1 is 1.04 bits per heavy atom. The lowest BCUT2D eigenvalue weighted by Gasteiger charge is -2.08. The van der Waals surface area contributed by atoms with Crippen molar-refractivity contribution in [3.63, 3.8) is 0 Å². The minimum absolute atomic E-state index is 0.208. The molecule has 0 saturated heterocycles. The van der Waals surface area contributed by atoms with Crippen molar-refractivity contribution in [2.24, 2.45) is 0 Å². The Kier molecular flexibility index (Phi) is 6.62. The van der Waals surface area contributed by atoms with Crippen LogP contribution in [-0.4, -0.2) is 32.2 Å². The molecule has 7 heteroatoms. The van der Waals surface area contributed by atoms with E-state index >= 15 is 0 Å². The zero-order valence-corrected chi connectivity index (χ0v) is 16.8. The van der Waals surface area contributed by atoms with E-state index < -0.39 is 0 Å². The third kappa shape index (κ3) is 4.68. The molecule has 0 radical (unpaired) electrons. The number of carbonyl (C=O) groups excluding carboxylic acids is 1. The quantitative estimate of drug-likeness (QED) is 0.623. The van der Waals surface area contributed by atoms with Crippen LogP contribution < -0.4 is 14.8 Å². The molecule has 3 aromatic rings. The van der Waals surface area contributed by atoms with Gasteiger partial charge in [0.05, 0.1) is 20.8 Å². The van der Waals surface area contributed by atoms with Crippen molar-refractivity contribution >= 4 is 17.2 Å². The van der Waals surface area contributed by atoms with Crippen molar-refractivity contribution in [3.05, 3.63) is 64.7 Å². The molecule has 1 amide bonds. The van der Waals surface area contributed by atoms with E-state index in [0.717, 1.165) is 21.7 Å². The van der Waals surface area contributed by atoms with Crippen LogP contribution in [0.2, 0.25) is 0 Å². The van der Waals surface area contributed by atoms with E-state index in [4.69, 9.17) is 14.2 Å². The molecule has 0 unspecified atom stereocenters. The van der Waals surface area contributed by atoms with Crippen LogP contribution in [-0.2, 0) is 17.9 Å². The summed E-state index contributed by atoms with van der Waals surface area (Å²) in [6, 6.07) is 13.5. The lowest BCUT2D eigenvalue weighted by atomic mass is 10.1. The van der Waals surface area contributed by atoms with Gasteiger partial charge in [0.1, 0.15) is 10.7 Å². The first-order valence-electron chi connectivity index (χ1n) is 8.67. The highest BCUT2D eigenvalue weighted by Crippen LogP contribution is 2.33. The molecule has 146 valence electrons. The third-order valence-electron chi connectivity index (χ3n) is 4.12. The highest BCUT2D eigenvalue weighted by Gasteiger charge is 2.13. The number of hydrogen-bond acceptors (Lipinski definition) is 6. The van der Waals surface area contributed by atoms with E-state index in [2.05, 4.69) is 10.3 Å². The highest BCUT2D eigenvalue weighted by atomic mass is 32.1. The monoisotopic (exact) mass is 398 g/mol. The lowest BCUT2D eigenvalue weighted by Crippen LogP contribution is -2.23. The SMILES string of the molecule is COCc1cccc(CNC(=O)c2csc(-c3ccc(OC)c(OC)c3)n2)c1. The summed E-state index contributed by atoms with van der Waals surface area (Å²) >= 11 is 1.41. The van der Waals surface area contributed by atoms with Gasteiger partial charge >= 0.3 is 0 Å². The topological polar surface area (TPSA) is 69.7 Å². The Balaban J connectivity index is 1.68. The smallest absolute Gasteiger partial charge is 0.271 e. The van der Waals surface area contributed by atoms with Crippen molar-refractivity contribution in [2.45, 2.75) is 13.2 Å². The number of nitrogens with zero attached hydrogens (tertiary/aromatic N) is 1. The number of aromatic nitrogens is 1. The lowest BCUT2D eigenvalue weighted by molar-refractivity contribution is 0.0946.